The van der Waals surface area contributed by atoms with Crippen LogP contribution < -0.4 is 5.32 Å². The van der Waals surface area contributed by atoms with E-state index in [4.69, 9.17) is 15.3 Å². The number of unbranched alkanes of at least 4 members (excludes halogenated alkanes) is 2. The molecular formula is C11H23NO4S. The number of carboxylic acid groups (broad SMARTS) is 1. The fourth-order valence-electron chi connectivity index (χ4n) is 1.24. The van der Waals surface area contributed by atoms with Gasteiger partial charge in [0.25, 0.3) is 0 Å². The molecule has 0 radical (unpaired) electrons. The SMILES string of the molecule is CCCCCN[C@@H](CSC[C@H](O)CO)C(=O)O. The minimum Gasteiger partial charge on any atom is -0.480 e. The Bertz CT molecular complexity index is 204. The molecule has 5 nitrogen and oxygen atoms in total. The lowest BCUT2D eigenvalue weighted by Crippen LogP contribution is -2.39. The Labute approximate surface area is 107 Å². The van der Waals surface area contributed by atoms with Crippen LogP contribution in [0.5, 0.6) is 0 Å². The third kappa shape index (κ3) is 9.41. The summed E-state index contributed by atoms with van der Waals surface area (Å²) in [5, 5.41) is 29.7. The van der Waals surface area contributed by atoms with Crippen molar-refractivity contribution in [1.29, 1.82) is 0 Å². The van der Waals surface area contributed by atoms with E-state index in [1.165, 1.54) is 11.8 Å². The summed E-state index contributed by atoms with van der Waals surface area (Å²) in [6.07, 6.45) is 2.41. The first-order valence-corrected chi connectivity index (χ1v) is 7.10. The zero-order valence-electron chi connectivity index (χ0n) is 10.3. The number of aliphatic carboxylic acids is 1. The zero-order chi connectivity index (χ0) is 13.1. The molecule has 6 heteroatoms. The minimum absolute atomic E-state index is 0.283. The molecule has 0 aliphatic rings. The minimum atomic E-state index is -0.868. The Morgan fingerprint density at radius 1 is 1.35 bits per heavy atom. The monoisotopic (exact) mass is 265 g/mol. The van der Waals surface area contributed by atoms with Crippen LogP contribution in [0.2, 0.25) is 0 Å². The maximum Gasteiger partial charge on any atom is 0.321 e. The molecule has 0 aromatic heterocycles. The Hall–Kier alpha value is -0.300. The standard InChI is InChI=1S/C11H23NO4S/c1-2-3-4-5-12-10(11(15)16)8-17-7-9(14)6-13/h9-10,12-14H,2-8H2,1H3,(H,15,16)/t9-,10+/m1/s1. The molecule has 0 saturated heterocycles. The Balaban J connectivity index is 3.71. The lowest BCUT2D eigenvalue weighted by atomic mass is 10.2. The number of aliphatic hydroxyl groups excluding tert-OH is 2. The summed E-state index contributed by atoms with van der Waals surface area (Å²) >= 11 is 1.33. The van der Waals surface area contributed by atoms with Crippen molar-refractivity contribution in [2.24, 2.45) is 0 Å². The molecule has 0 saturated carbocycles. The number of rotatable bonds is 11. The van der Waals surface area contributed by atoms with Gasteiger partial charge in [-0.1, -0.05) is 19.8 Å². The highest BCUT2D eigenvalue weighted by Crippen LogP contribution is 2.06. The Kier molecular flexibility index (Phi) is 10.6. The van der Waals surface area contributed by atoms with Gasteiger partial charge in [-0.05, 0) is 13.0 Å². The molecule has 0 aliphatic carbocycles. The predicted octanol–water partition coefficient (Wildman–Crippen LogP) is 0.306. The molecule has 0 amide bonds. The number of carbonyl (C=O) groups is 1. The molecule has 0 rings (SSSR count). The summed E-state index contributed by atoms with van der Waals surface area (Å²) in [6, 6.07) is -0.581. The average molecular weight is 265 g/mol. The molecule has 2 atom stereocenters. The molecule has 0 aliphatic heterocycles. The number of nitrogens with one attached hydrogen (secondary N) is 1. The molecule has 102 valence electrons. The van der Waals surface area contributed by atoms with Crippen LogP contribution in [0.4, 0.5) is 0 Å². The van der Waals surface area contributed by atoms with Crippen molar-refractivity contribution in [3.8, 4) is 0 Å². The number of aliphatic hydroxyl groups is 2. The normalized spacial score (nSPS) is 14.5. The third-order valence-electron chi connectivity index (χ3n) is 2.27. The van der Waals surface area contributed by atoms with Crippen LogP contribution in [-0.2, 0) is 4.79 Å². The quantitative estimate of drug-likeness (QED) is 0.402. The fourth-order valence-corrected chi connectivity index (χ4v) is 2.25. The molecule has 0 unspecified atom stereocenters. The van der Waals surface area contributed by atoms with E-state index >= 15 is 0 Å². The van der Waals surface area contributed by atoms with Gasteiger partial charge >= 0.3 is 5.97 Å². The van der Waals surface area contributed by atoms with Gasteiger partial charge in [0.2, 0.25) is 0 Å². The van der Waals surface area contributed by atoms with Crippen LogP contribution >= 0.6 is 11.8 Å². The summed E-state index contributed by atoms with van der Waals surface area (Å²) in [4.78, 5) is 10.9. The Morgan fingerprint density at radius 2 is 2.06 bits per heavy atom. The molecule has 0 fully saturated rings. The van der Waals surface area contributed by atoms with Crippen LogP contribution in [0.3, 0.4) is 0 Å². The van der Waals surface area contributed by atoms with Crippen molar-refractivity contribution in [2.75, 3.05) is 24.7 Å². The Morgan fingerprint density at radius 3 is 2.59 bits per heavy atom. The molecule has 0 bridgehead atoms. The molecule has 17 heavy (non-hydrogen) atoms. The third-order valence-corrected chi connectivity index (χ3v) is 3.46. The summed E-state index contributed by atoms with van der Waals surface area (Å²) in [5.41, 5.74) is 0. The van der Waals surface area contributed by atoms with Gasteiger partial charge < -0.3 is 20.6 Å². The first-order valence-electron chi connectivity index (χ1n) is 5.94. The van der Waals surface area contributed by atoms with Gasteiger partial charge in [0.1, 0.15) is 6.04 Å². The van der Waals surface area contributed by atoms with Gasteiger partial charge in [0, 0.05) is 11.5 Å². The zero-order valence-corrected chi connectivity index (χ0v) is 11.1. The van der Waals surface area contributed by atoms with E-state index in [0.717, 1.165) is 19.3 Å². The summed E-state index contributed by atoms with van der Waals surface area (Å²) in [7, 11) is 0. The summed E-state index contributed by atoms with van der Waals surface area (Å²) < 4.78 is 0. The second kappa shape index (κ2) is 10.8. The highest BCUT2D eigenvalue weighted by atomic mass is 32.2. The van der Waals surface area contributed by atoms with Gasteiger partial charge in [0.05, 0.1) is 12.7 Å². The van der Waals surface area contributed by atoms with Gasteiger partial charge in [-0.25, -0.2) is 0 Å². The van der Waals surface area contributed by atoms with Gasteiger partial charge in [-0.3, -0.25) is 4.79 Å². The van der Waals surface area contributed by atoms with Gasteiger partial charge in [0.15, 0.2) is 0 Å². The number of thioether (sulfide) groups is 1. The molecule has 0 spiro atoms. The largest absolute Gasteiger partial charge is 0.480 e. The lowest BCUT2D eigenvalue weighted by Gasteiger charge is -2.14. The van der Waals surface area contributed by atoms with E-state index in [9.17, 15) is 4.79 Å². The molecule has 0 aromatic carbocycles. The summed E-state index contributed by atoms with van der Waals surface area (Å²) in [5.74, 6) is -0.109. The maximum atomic E-state index is 10.9. The van der Waals surface area contributed by atoms with E-state index < -0.39 is 18.1 Å². The predicted molar refractivity (Wildman–Crippen MR) is 69.4 cm³/mol. The van der Waals surface area contributed by atoms with E-state index in [0.29, 0.717) is 18.1 Å². The topological polar surface area (TPSA) is 89.8 Å². The first-order chi connectivity index (χ1) is 8.11. The van der Waals surface area contributed by atoms with Crippen molar-refractivity contribution in [3.05, 3.63) is 0 Å². The van der Waals surface area contributed by atoms with Crippen molar-refractivity contribution in [2.45, 2.75) is 38.3 Å². The second-order valence-electron chi connectivity index (χ2n) is 3.93. The van der Waals surface area contributed by atoms with Gasteiger partial charge in [-0.15, -0.1) is 0 Å². The van der Waals surface area contributed by atoms with E-state index in [1.807, 2.05) is 0 Å². The number of carboxylic acids is 1. The van der Waals surface area contributed by atoms with E-state index in [1.54, 1.807) is 0 Å². The van der Waals surface area contributed by atoms with Crippen LogP contribution in [-0.4, -0.2) is 58.1 Å². The van der Waals surface area contributed by atoms with E-state index in [-0.39, 0.29) is 6.61 Å². The van der Waals surface area contributed by atoms with Crippen molar-refractivity contribution in [3.63, 3.8) is 0 Å². The first kappa shape index (κ1) is 16.7. The average Bonchev–Trinajstić information content (AvgIpc) is 2.31. The van der Waals surface area contributed by atoms with Crippen LogP contribution in [0.1, 0.15) is 26.2 Å². The van der Waals surface area contributed by atoms with Crippen molar-refractivity contribution >= 4 is 17.7 Å². The number of hydrogen-bond donors (Lipinski definition) is 4. The van der Waals surface area contributed by atoms with Crippen LogP contribution in [0, 0.1) is 0 Å². The van der Waals surface area contributed by atoms with Crippen LogP contribution in [0.25, 0.3) is 0 Å². The smallest absolute Gasteiger partial charge is 0.321 e. The second-order valence-corrected chi connectivity index (χ2v) is 5.00. The maximum absolute atomic E-state index is 10.9. The highest BCUT2D eigenvalue weighted by Gasteiger charge is 2.16. The van der Waals surface area contributed by atoms with Crippen molar-refractivity contribution in [1.82, 2.24) is 5.32 Å². The van der Waals surface area contributed by atoms with Crippen molar-refractivity contribution < 1.29 is 20.1 Å². The molecule has 0 aromatic rings. The number of hydrogen-bond acceptors (Lipinski definition) is 5. The summed E-state index contributed by atoms with van der Waals surface area (Å²) in [6.45, 7) is 2.52. The van der Waals surface area contributed by atoms with E-state index in [2.05, 4.69) is 12.2 Å². The van der Waals surface area contributed by atoms with Crippen LogP contribution in [0.15, 0.2) is 0 Å². The molecule has 4 N–H and O–H groups in total. The molecule has 0 heterocycles. The lowest BCUT2D eigenvalue weighted by molar-refractivity contribution is -0.138. The fraction of sp³-hybridized carbons (Fsp3) is 0.909. The highest BCUT2D eigenvalue weighted by molar-refractivity contribution is 7.99. The van der Waals surface area contributed by atoms with Gasteiger partial charge in [-0.2, -0.15) is 11.8 Å². The molecular weight excluding hydrogens is 242 g/mol.